The molecule has 0 saturated carbocycles. The molecule has 0 saturated heterocycles. The zero-order valence-corrected chi connectivity index (χ0v) is 14.2. The van der Waals surface area contributed by atoms with Gasteiger partial charge >= 0.3 is 11.9 Å². The van der Waals surface area contributed by atoms with Crippen LogP contribution < -0.4 is 0 Å². The van der Waals surface area contributed by atoms with Crippen molar-refractivity contribution in [2.24, 2.45) is 0 Å². The minimum Gasteiger partial charge on any atom is -0.473 e. The first-order chi connectivity index (χ1) is 10.6. The van der Waals surface area contributed by atoms with Crippen LogP contribution in [-0.4, -0.2) is 27.1 Å². The molecule has 3 aromatic rings. The van der Waals surface area contributed by atoms with E-state index in [0.717, 1.165) is 11.3 Å². The van der Waals surface area contributed by atoms with Gasteiger partial charge in [0.25, 0.3) is 0 Å². The number of hydrogen-bond acceptors (Lipinski definition) is 3. The summed E-state index contributed by atoms with van der Waals surface area (Å²) in [6, 6.07) is 21.4. The maximum Gasteiger partial charge on any atom is 0.414 e. The molecule has 0 aliphatic rings. The molecule has 0 aliphatic heterocycles. The van der Waals surface area contributed by atoms with Gasteiger partial charge in [-0.1, -0.05) is 24.3 Å². The third-order valence-electron chi connectivity index (χ3n) is 2.82. The van der Waals surface area contributed by atoms with Gasteiger partial charge in [-0.3, -0.25) is 0 Å². The normalized spacial score (nSPS) is 9.22. The molecular weight excluding hydrogens is 474 g/mol. The molecule has 1 heterocycles. The number of carboxylic acid groups (broad SMARTS) is 2. The fourth-order valence-electron chi connectivity index (χ4n) is 1.87. The standard InChI is InChI=1S/C15H10N.C2H2O4.Ir/c1-2-7-13(8-3-1)15-14-9-5-4-6-12(14)10-11-16-15;3-1(4)2(5)6;/h1-7,9-11H;(H,3,4)(H,5,6);/q-1;;. The number of aliphatic carboxylic acids is 2. The Kier molecular flexibility index (Phi) is 7.06. The van der Waals surface area contributed by atoms with E-state index in [1.807, 2.05) is 48.7 Å². The number of hydrogen-bond donors (Lipinski definition) is 2. The molecule has 1 radical (unpaired) electrons. The van der Waals surface area contributed by atoms with Crippen molar-refractivity contribution < 1.29 is 39.9 Å². The summed E-state index contributed by atoms with van der Waals surface area (Å²) in [4.78, 5) is 22.6. The van der Waals surface area contributed by atoms with Crippen LogP contribution in [0.1, 0.15) is 0 Å². The average Bonchev–Trinajstić information content (AvgIpc) is 2.55. The molecule has 2 aromatic carbocycles. The van der Waals surface area contributed by atoms with Crippen LogP contribution in [0.15, 0.2) is 60.8 Å². The molecule has 0 aliphatic carbocycles. The molecular formula is C17H12IrNO4-. The number of nitrogens with zero attached hydrogens (tertiary/aromatic N) is 1. The molecule has 0 atom stereocenters. The van der Waals surface area contributed by atoms with Crippen LogP contribution in [0.4, 0.5) is 0 Å². The van der Waals surface area contributed by atoms with Gasteiger partial charge in [0.15, 0.2) is 0 Å². The smallest absolute Gasteiger partial charge is 0.414 e. The second-order valence-corrected chi connectivity index (χ2v) is 4.27. The predicted molar refractivity (Wildman–Crippen MR) is 81.3 cm³/mol. The number of benzene rings is 2. The molecule has 6 heteroatoms. The van der Waals surface area contributed by atoms with E-state index in [1.54, 1.807) is 0 Å². The van der Waals surface area contributed by atoms with E-state index >= 15 is 0 Å². The summed E-state index contributed by atoms with van der Waals surface area (Å²) in [5.74, 6) is -3.65. The summed E-state index contributed by atoms with van der Waals surface area (Å²) in [7, 11) is 0. The fourth-order valence-corrected chi connectivity index (χ4v) is 1.87. The third-order valence-corrected chi connectivity index (χ3v) is 2.82. The Hall–Kier alpha value is -2.56. The largest absolute Gasteiger partial charge is 0.473 e. The number of pyridine rings is 1. The van der Waals surface area contributed by atoms with Gasteiger partial charge in [0, 0.05) is 26.3 Å². The van der Waals surface area contributed by atoms with Crippen LogP contribution in [0.25, 0.3) is 22.0 Å². The van der Waals surface area contributed by atoms with Crippen LogP contribution >= 0.6 is 0 Å². The third kappa shape index (κ3) is 4.98. The van der Waals surface area contributed by atoms with Gasteiger partial charge in [0.1, 0.15) is 0 Å². The van der Waals surface area contributed by atoms with Crippen molar-refractivity contribution in [1.29, 1.82) is 0 Å². The van der Waals surface area contributed by atoms with E-state index in [9.17, 15) is 0 Å². The number of aromatic nitrogens is 1. The Balaban J connectivity index is 0.000000330. The van der Waals surface area contributed by atoms with Gasteiger partial charge in [-0.05, 0) is 22.5 Å². The van der Waals surface area contributed by atoms with Gasteiger partial charge in [-0.2, -0.15) is 0 Å². The SMILES string of the molecule is O=C(O)C(=O)O.[Ir].[c-]1ccccc1-c1nccc2ccccc12. The second kappa shape index (κ2) is 8.78. The summed E-state index contributed by atoms with van der Waals surface area (Å²) in [5.41, 5.74) is 2.04. The first kappa shape index (κ1) is 18.5. The summed E-state index contributed by atoms with van der Waals surface area (Å²) in [6.07, 6.45) is 1.85. The van der Waals surface area contributed by atoms with Crippen molar-refractivity contribution in [3.05, 3.63) is 66.9 Å². The quantitative estimate of drug-likeness (QED) is 0.408. The first-order valence-corrected chi connectivity index (χ1v) is 6.36. The number of rotatable bonds is 1. The maximum atomic E-state index is 9.10. The summed E-state index contributed by atoms with van der Waals surface area (Å²) >= 11 is 0. The number of carboxylic acids is 2. The van der Waals surface area contributed by atoms with Gasteiger partial charge in [0.2, 0.25) is 0 Å². The Labute approximate surface area is 146 Å². The molecule has 1 aromatic heterocycles. The molecule has 2 N–H and O–H groups in total. The topological polar surface area (TPSA) is 87.5 Å². The minimum atomic E-state index is -1.82. The van der Waals surface area contributed by atoms with Crippen molar-refractivity contribution in [3.63, 3.8) is 0 Å². The van der Waals surface area contributed by atoms with Gasteiger partial charge in [-0.25, -0.2) is 9.59 Å². The molecule has 0 amide bonds. The number of fused-ring (bicyclic) bond motifs is 1. The van der Waals surface area contributed by atoms with Crippen LogP contribution in [0.3, 0.4) is 0 Å². The van der Waals surface area contributed by atoms with Crippen LogP contribution in [0.2, 0.25) is 0 Å². The summed E-state index contributed by atoms with van der Waals surface area (Å²) in [5, 5.41) is 17.2. The Morgan fingerprint density at radius 3 is 2.17 bits per heavy atom. The van der Waals surface area contributed by atoms with Crippen molar-refractivity contribution in [3.8, 4) is 11.3 Å². The predicted octanol–water partition coefficient (Wildman–Crippen LogP) is 2.86. The van der Waals surface area contributed by atoms with E-state index < -0.39 is 11.9 Å². The molecule has 0 unspecified atom stereocenters. The maximum absolute atomic E-state index is 9.10. The summed E-state index contributed by atoms with van der Waals surface area (Å²) in [6.45, 7) is 0. The Bertz CT molecular complexity index is 789. The molecule has 0 fully saturated rings. The van der Waals surface area contributed by atoms with E-state index in [-0.39, 0.29) is 20.1 Å². The van der Waals surface area contributed by atoms with Crippen molar-refractivity contribution in [1.82, 2.24) is 4.98 Å². The average molecular weight is 487 g/mol. The van der Waals surface area contributed by atoms with E-state index in [4.69, 9.17) is 19.8 Å². The van der Waals surface area contributed by atoms with Gasteiger partial charge in [-0.15, -0.1) is 35.9 Å². The van der Waals surface area contributed by atoms with E-state index in [1.165, 1.54) is 10.8 Å². The minimum absolute atomic E-state index is 0. The van der Waals surface area contributed by atoms with Gasteiger partial charge < -0.3 is 15.2 Å². The van der Waals surface area contributed by atoms with Crippen LogP contribution in [-0.2, 0) is 29.7 Å². The van der Waals surface area contributed by atoms with Crippen molar-refractivity contribution in [2.75, 3.05) is 0 Å². The van der Waals surface area contributed by atoms with Crippen LogP contribution in [0.5, 0.6) is 0 Å². The molecule has 0 spiro atoms. The molecule has 3 rings (SSSR count). The molecule has 23 heavy (non-hydrogen) atoms. The molecule has 119 valence electrons. The number of carbonyl (C=O) groups is 2. The zero-order chi connectivity index (χ0) is 15.9. The molecule has 0 bridgehead atoms. The zero-order valence-electron chi connectivity index (χ0n) is 11.8. The van der Waals surface area contributed by atoms with Crippen molar-refractivity contribution in [2.45, 2.75) is 0 Å². The Morgan fingerprint density at radius 1 is 0.913 bits per heavy atom. The monoisotopic (exact) mass is 487 g/mol. The molecule has 5 nitrogen and oxygen atoms in total. The second-order valence-electron chi connectivity index (χ2n) is 4.27. The van der Waals surface area contributed by atoms with Crippen LogP contribution in [0, 0.1) is 6.07 Å². The van der Waals surface area contributed by atoms with E-state index in [0.29, 0.717) is 0 Å². The summed E-state index contributed by atoms with van der Waals surface area (Å²) < 4.78 is 0. The first-order valence-electron chi connectivity index (χ1n) is 6.36. The van der Waals surface area contributed by atoms with Crippen molar-refractivity contribution >= 4 is 22.7 Å². The fraction of sp³-hybridized carbons (Fsp3) is 0. The van der Waals surface area contributed by atoms with E-state index in [2.05, 4.69) is 23.2 Å². The van der Waals surface area contributed by atoms with Gasteiger partial charge in [0.05, 0.1) is 0 Å². The Morgan fingerprint density at radius 2 is 1.57 bits per heavy atom.